The number of aliphatic hydroxyl groups is 1. The Morgan fingerprint density at radius 2 is 1.86 bits per heavy atom. The summed E-state index contributed by atoms with van der Waals surface area (Å²) in [5, 5.41) is 9.81. The number of nitrogens with one attached hydrogen (secondary N) is 1. The summed E-state index contributed by atoms with van der Waals surface area (Å²) >= 11 is 0. The monoisotopic (exact) mass is 518 g/mol. The van der Waals surface area contributed by atoms with Gasteiger partial charge in [0.1, 0.15) is 18.3 Å². The molecule has 0 radical (unpaired) electrons. The Bertz CT molecular complexity index is 1220. The molecule has 2 aromatic rings. The summed E-state index contributed by atoms with van der Waals surface area (Å²) in [7, 11) is -5.07. The maximum atomic E-state index is 15.5. The van der Waals surface area contributed by atoms with E-state index in [4.69, 9.17) is 0 Å². The summed E-state index contributed by atoms with van der Waals surface area (Å²) in [6, 6.07) is 7.13. The molecule has 2 aliphatic rings. The van der Waals surface area contributed by atoms with E-state index in [0.717, 1.165) is 11.0 Å². The van der Waals surface area contributed by atoms with E-state index in [1.165, 1.54) is 36.4 Å². The predicted octanol–water partition coefficient (Wildman–Crippen LogP) is 3.01. The molecule has 12 heteroatoms. The van der Waals surface area contributed by atoms with E-state index < -0.39 is 63.6 Å². The van der Waals surface area contributed by atoms with E-state index in [-0.39, 0.29) is 29.7 Å². The van der Waals surface area contributed by atoms with Gasteiger partial charge in [0.15, 0.2) is 6.10 Å². The summed E-state index contributed by atoms with van der Waals surface area (Å²) in [6.07, 6.45) is -1.53. The number of halogens is 5. The van der Waals surface area contributed by atoms with Crippen molar-refractivity contribution in [2.75, 3.05) is 13.2 Å². The Morgan fingerprint density at radius 3 is 2.46 bits per heavy atom. The van der Waals surface area contributed by atoms with Gasteiger partial charge >= 0.3 is 5.76 Å². The second-order valence-electron chi connectivity index (χ2n) is 8.96. The molecule has 190 valence electrons. The molecule has 1 spiro atoms. The normalized spacial score (nSPS) is 22.1. The van der Waals surface area contributed by atoms with Crippen LogP contribution < -0.4 is 4.72 Å². The van der Waals surface area contributed by atoms with Crippen molar-refractivity contribution in [3.05, 3.63) is 59.7 Å². The van der Waals surface area contributed by atoms with Crippen LogP contribution >= 0.6 is 0 Å². The van der Waals surface area contributed by atoms with Gasteiger partial charge < -0.3 is 10.0 Å². The van der Waals surface area contributed by atoms with E-state index >= 15 is 4.39 Å². The topological polar surface area (TPSA) is 86.7 Å². The third-order valence-electron chi connectivity index (χ3n) is 6.71. The summed E-state index contributed by atoms with van der Waals surface area (Å²) in [6.45, 7) is -1.50. The van der Waals surface area contributed by atoms with Gasteiger partial charge in [-0.2, -0.15) is 8.78 Å². The summed E-state index contributed by atoms with van der Waals surface area (Å²) in [5.74, 6) is -6.11. The lowest BCUT2D eigenvalue weighted by Crippen LogP contribution is -2.52. The number of rotatable bonds is 8. The lowest BCUT2D eigenvalue weighted by atomic mass is 9.91. The van der Waals surface area contributed by atoms with Crippen molar-refractivity contribution in [3.63, 3.8) is 0 Å². The van der Waals surface area contributed by atoms with Crippen molar-refractivity contribution >= 4 is 15.9 Å². The Morgan fingerprint density at radius 1 is 1.17 bits per heavy atom. The molecule has 1 aliphatic carbocycles. The highest BCUT2D eigenvalue weighted by atomic mass is 32.2. The number of hydrogen-bond acceptors (Lipinski definition) is 4. The number of nitrogens with zero attached hydrogens (tertiary/aromatic N) is 1. The Hall–Kier alpha value is -2.57. The molecular formula is C23H23F5N2O4S. The van der Waals surface area contributed by atoms with Crippen molar-refractivity contribution in [3.8, 4) is 11.1 Å². The second kappa shape index (κ2) is 9.47. The minimum atomic E-state index is -5.07. The van der Waals surface area contributed by atoms with Gasteiger partial charge in [-0.1, -0.05) is 30.3 Å². The minimum Gasteiger partial charge on any atom is -0.381 e. The third kappa shape index (κ3) is 4.91. The van der Waals surface area contributed by atoms with Crippen molar-refractivity contribution in [2.45, 2.75) is 43.2 Å². The number of carbonyl (C=O) groups excluding carboxylic acids is 1. The fraction of sp³-hybridized carbons (Fsp3) is 0.435. The highest BCUT2D eigenvalue weighted by Crippen LogP contribution is 2.55. The maximum absolute atomic E-state index is 15.5. The average Bonchev–Trinajstić information content (AvgIpc) is 3.54. The van der Waals surface area contributed by atoms with Crippen LogP contribution in [-0.4, -0.2) is 61.5 Å². The molecule has 3 atom stereocenters. The number of likely N-dealkylation sites (tertiary alicyclic amines) is 1. The Kier molecular flexibility index (Phi) is 6.91. The number of benzene rings is 2. The highest BCUT2D eigenvalue weighted by molar-refractivity contribution is 7.89. The van der Waals surface area contributed by atoms with Gasteiger partial charge in [-0.15, -0.1) is 0 Å². The molecule has 4 rings (SSSR count). The van der Waals surface area contributed by atoms with Crippen LogP contribution in [-0.2, 0) is 21.2 Å². The molecule has 2 fully saturated rings. The molecule has 35 heavy (non-hydrogen) atoms. The van der Waals surface area contributed by atoms with Gasteiger partial charge in [0.25, 0.3) is 15.9 Å². The molecule has 1 amide bonds. The molecule has 2 N–H and O–H groups in total. The van der Waals surface area contributed by atoms with Gasteiger partial charge in [-0.25, -0.2) is 26.3 Å². The Labute approximate surface area is 198 Å². The lowest BCUT2D eigenvalue weighted by molar-refractivity contribution is -0.142. The van der Waals surface area contributed by atoms with Crippen LogP contribution in [0.3, 0.4) is 0 Å². The SMILES string of the molecule is O=C([C@@H](O)CF)N1CC2(CC2)[C@H](NS(=O)(=O)C(F)F)[C@@H]1Cc1cccc(-c2cccc(F)c2)c1F. The van der Waals surface area contributed by atoms with Gasteiger partial charge in [0.2, 0.25) is 0 Å². The van der Waals surface area contributed by atoms with E-state index in [9.17, 15) is 35.9 Å². The van der Waals surface area contributed by atoms with E-state index in [2.05, 4.69) is 0 Å². The van der Waals surface area contributed by atoms with Gasteiger partial charge in [-0.05, 0) is 42.5 Å². The van der Waals surface area contributed by atoms with E-state index in [0.29, 0.717) is 12.8 Å². The molecule has 1 saturated heterocycles. The fourth-order valence-electron chi connectivity index (χ4n) is 4.77. The van der Waals surface area contributed by atoms with Crippen molar-refractivity contribution < 1.29 is 40.3 Å². The first kappa shape index (κ1) is 25.5. The summed E-state index contributed by atoms with van der Waals surface area (Å²) in [5.41, 5.74) is -0.574. The average molecular weight is 519 g/mol. The highest BCUT2D eigenvalue weighted by Gasteiger charge is 2.62. The van der Waals surface area contributed by atoms with Gasteiger partial charge in [-0.3, -0.25) is 4.79 Å². The van der Waals surface area contributed by atoms with Crippen molar-refractivity contribution in [2.24, 2.45) is 5.41 Å². The zero-order valence-electron chi connectivity index (χ0n) is 18.3. The van der Waals surface area contributed by atoms with Crippen LogP contribution in [0.1, 0.15) is 18.4 Å². The molecule has 6 nitrogen and oxygen atoms in total. The maximum Gasteiger partial charge on any atom is 0.350 e. The summed E-state index contributed by atoms with van der Waals surface area (Å²) in [4.78, 5) is 13.8. The summed E-state index contributed by atoms with van der Waals surface area (Å²) < 4.78 is 94.6. The molecule has 1 aliphatic heterocycles. The second-order valence-corrected chi connectivity index (χ2v) is 10.6. The zero-order valence-corrected chi connectivity index (χ0v) is 19.1. The van der Waals surface area contributed by atoms with Gasteiger partial charge in [0.05, 0.1) is 6.04 Å². The molecule has 1 heterocycles. The molecule has 0 bridgehead atoms. The first-order chi connectivity index (χ1) is 16.5. The van der Waals surface area contributed by atoms with Crippen molar-refractivity contribution in [1.82, 2.24) is 9.62 Å². The Balaban J connectivity index is 1.74. The van der Waals surface area contributed by atoms with Crippen LogP contribution in [0.15, 0.2) is 42.5 Å². The standard InChI is InChI=1S/C23H23F5N2O4S/c24-11-18(31)21(32)30-12-23(7-8-23)20(29-35(33,34)22(27)28)17(30)10-14-4-2-6-16(19(14)26)13-3-1-5-15(25)9-13/h1-6,9,17-18,20,22,29,31H,7-8,10-12H2/t17-,18-,20+/m0/s1. The lowest BCUT2D eigenvalue weighted by Gasteiger charge is -2.30. The molecule has 0 aromatic heterocycles. The molecule has 1 saturated carbocycles. The van der Waals surface area contributed by atoms with Crippen LogP contribution in [0.4, 0.5) is 22.0 Å². The van der Waals surface area contributed by atoms with Crippen LogP contribution in [0.25, 0.3) is 11.1 Å². The number of carbonyl (C=O) groups is 1. The quantitative estimate of drug-likeness (QED) is 0.527. The minimum absolute atomic E-state index is 0.0169. The van der Waals surface area contributed by atoms with Gasteiger partial charge in [0, 0.05) is 23.6 Å². The van der Waals surface area contributed by atoms with E-state index in [1.807, 2.05) is 4.72 Å². The predicted molar refractivity (Wildman–Crippen MR) is 116 cm³/mol. The number of amides is 1. The molecule has 0 unspecified atom stereocenters. The first-order valence-corrected chi connectivity index (χ1v) is 12.4. The van der Waals surface area contributed by atoms with Crippen LogP contribution in [0.2, 0.25) is 0 Å². The smallest absolute Gasteiger partial charge is 0.350 e. The zero-order chi connectivity index (χ0) is 25.5. The van der Waals surface area contributed by atoms with Crippen molar-refractivity contribution in [1.29, 1.82) is 0 Å². The number of aliphatic hydroxyl groups excluding tert-OH is 1. The largest absolute Gasteiger partial charge is 0.381 e. The fourth-order valence-corrected chi connectivity index (χ4v) is 5.64. The van der Waals surface area contributed by atoms with Crippen LogP contribution in [0.5, 0.6) is 0 Å². The first-order valence-electron chi connectivity index (χ1n) is 10.9. The van der Waals surface area contributed by atoms with E-state index in [1.54, 1.807) is 0 Å². The number of alkyl halides is 3. The molecule has 2 aromatic carbocycles. The molecular weight excluding hydrogens is 495 g/mol. The third-order valence-corrected chi connectivity index (χ3v) is 7.76. The number of hydrogen-bond donors (Lipinski definition) is 2. The number of sulfonamides is 1. The van der Waals surface area contributed by atoms with Crippen LogP contribution in [0, 0.1) is 17.0 Å².